The molecule has 0 amide bonds. The molecule has 88 valence electrons. The molecule has 0 saturated heterocycles. The van der Waals surface area contributed by atoms with Gasteiger partial charge in [-0.1, -0.05) is 24.3 Å². The first kappa shape index (κ1) is 10.5. The normalized spacial score (nSPS) is 20.2. The maximum absolute atomic E-state index is 6.38. The third kappa shape index (κ3) is 1.76. The molecule has 17 heavy (non-hydrogen) atoms. The zero-order valence-corrected chi connectivity index (χ0v) is 10.0. The highest BCUT2D eigenvalue weighted by atomic mass is 15.2. The van der Waals surface area contributed by atoms with Crippen molar-refractivity contribution in [3.63, 3.8) is 0 Å². The third-order valence-corrected chi connectivity index (χ3v) is 3.72. The Morgan fingerprint density at radius 1 is 1.41 bits per heavy atom. The molecule has 1 aromatic carbocycles. The molecule has 0 spiro atoms. The minimum atomic E-state index is 0.0624. The predicted molar refractivity (Wildman–Crippen MR) is 67.6 cm³/mol. The van der Waals surface area contributed by atoms with Crippen molar-refractivity contribution in [2.75, 3.05) is 0 Å². The van der Waals surface area contributed by atoms with Gasteiger partial charge in [0.25, 0.3) is 0 Å². The number of nitrogens with two attached hydrogens (primary N) is 1. The van der Waals surface area contributed by atoms with Crippen molar-refractivity contribution in [3.05, 3.63) is 53.3 Å². The minimum absolute atomic E-state index is 0.0624. The second-order valence-corrected chi connectivity index (χ2v) is 4.82. The maximum Gasteiger partial charge on any atom is 0.0537 e. The van der Waals surface area contributed by atoms with Crippen LogP contribution in [0.4, 0.5) is 0 Å². The quantitative estimate of drug-likeness (QED) is 0.854. The average molecular weight is 227 g/mol. The van der Waals surface area contributed by atoms with E-state index in [0.29, 0.717) is 5.92 Å². The van der Waals surface area contributed by atoms with Crippen LogP contribution >= 0.6 is 0 Å². The van der Waals surface area contributed by atoms with E-state index in [-0.39, 0.29) is 6.04 Å². The highest BCUT2D eigenvalue weighted by Gasteiger charge is 2.28. The summed E-state index contributed by atoms with van der Waals surface area (Å²) in [6.07, 6.45) is 6.20. The van der Waals surface area contributed by atoms with Gasteiger partial charge in [-0.2, -0.15) is 5.10 Å². The van der Waals surface area contributed by atoms with Crippen molar-refractivity contribution < 1.29 is 0 Å². The van der Waals surface area contributed by atoms with E-state index in [1.54, 1.807) is 0 Å². The van der Waals surface area contributed by atoms with Crippen LogP contribution in [-0.4, -0.2) is 9.78 Å². The molecule has 0 radical (unpaired) electrons. The first-order chi connectivity index (χ1) is 8.25. The van der Waals surface area contributed by atoms with Crippen LogP contribution in [0.5, 0.6) is 0 Å². The molecule has 2 N–H and O–H groups in total. The largest absolute Gasteiger partial charge is 0.323 e. The molecule has 1 heterocycles. The fraction of sp³-hybridized carbons (Fsp3) is 0.357. The van der Waals surface area contributed by atoms with Gasteiger partial charge in [0, 0.05) is 30.8 Å². The Kier molecular flexibility index (Phi) is 2.48. The average Bonchev–Trinajstić information content (AvgIpc) is 2.94. The molecule has 3 rings (SSSR count). The lowest BCUT2D eigenvalue weighted by atomic mass is 9.90. The lowest BCUT2D eigenvalue weighted by Crippen LogP contribution is -2.17. The fourth-order valence-electron chi connectivity index (χ4n) is 2.81. The SMILES string of the molecule is Cn1cc(C(N)C2CCc3ccccc32)cn1. The number of aryl methyl sites for hydroxylation is 2. The smallest absolute Gasteiger partial charge is 0.0537 e. The summed E-state index contributed by atoms with van der Waals surface area (Å²) in [4.78, 5) is 0. The molecular weight excluding hydrogens is 210 g/mol. The molecule has 1 aliphatic rings. The molecule has 1 aromatic heterocycles. The first-order valence-corrected chi connectivity index (χ1v) is 6.07. The van der Waals surface area contributed by atoms with Gasteiger partial charge in [0.05, 0.1) is 6.20 Å². The summed E-state index contributed by atoms with van der Waals surface area (Å²) in [7, 11) is 1.93. The van der Waals surface area contributed by atoms with Crippen molar-refractivity contribution in [2.45, 2.75) is 24.8 Å². The van der Waals surface area contributed by atoms with Crippen LogP contribution < -0.4 is 5.73 Å². The van der Waals surface area contributed by atoms with E-state index in [0.717, 1.165) is 18.4 Å². The lowest BCUT2D eigenvalue weighted by molar-refractivity contribution is 0.550. The molecule has 0 bridgehead atoms. The topological polar surface area (TPSA) is 43.8 Å². The van der Waals surface area contributed by atoms with Crippen molar-refractivity contribution in [2.24, 2.45) is 12.8 Å². The van der Waals surface area contributed by atoms with E-state index in [4.69, 9.17) is 5.73 Å². The van der Waals surface area contributed by atoms with Crippen LogP contribution in [0.1, 0.15) is 35.1 Å². The van der Waals surface area contributed by atoms with Gasteiger partial charge in [0.2, 0.25) is 0 Å². The van der Waals surface area contributed by atoms with Gasteiger partial charge in [-0.15, -0.1) is 0 Å². The van der Waals surface area contributed by atoms with Gasteiger partial charge in [0.1, 0.15) is 0 Å². The van der Waals surface area contributed by atoms with E-state index in [2.05, 4.69) is 29.4 Å². The second-order valence-electron chi connectivity index (χ2n) is 4.82. The van der Waals surface area contributed by atoms with E-state index in [1.165, 1.54) is 11.1 Å². The van der Waals surface area contributed by atoms with Gasteiger partial charge >= 0.3 is 0 Å². The summed E-state index contributed by atoms with van der Waals surface area (Å²) < 4.78 is 1.82. The Morgan fingerprint density at radius 3 is 3.00 bits per heavy atom. The number of benzene rings is 1. The predicted octanol–water partition coefficient (Wildman–Crippen LogP) is 2.15. The van der Waals surface area contributed by atoms with Gasteiger partial charge in [-0.25, -0.2) is 0 Å². The highest BCUT2D eigenvalue weighted by molar-refractivity contribution is 5.37. The lowest BCUT2D eigenvalue weighted by Gasteiger charge is -2.18. The molecule has 2 unspecified atom stereocenters. The molecule has 1 aliphatic carbocycles. The summed E-state index contributed by atoms with van der Waals surface area (Å²) in [5.74, 6) is 0.440. The summed E-state index contributed by atoms with van der Waals surface area (Å²) in [6, 6.07) is 8.70. The molecule has 0 aliphatic heterocycles. The number of hydrogen-bond donors (Lipinski definition) is 1. The maximum atomic E-state index is 6.38. The molecule has 0 saturated carbocycles. The standard InChI is InChI=1S/C14H17N3/c1-17-9-11(8-16-17)14(15)13-7-6-10-4-2-3-5-12(10)13/h2-5,8-9,13-14H,6-7,15H2,1H3. The summed E-state index contributed by atoms with van der Waals surface area (Å²) >= 11 is 0. The van der Waals surface area contributed by atoms with Gasteiger partial charge in [-0.3, -0.25) is 4.68 Å². The van der Waals surface area contributed by atoms with Crippen molar-refractivity contribution >= 4 is 0 Å². The number of hydrogen-bond acceptors (Lipinski definition) is 2. The number of aromatic nitrogens is 2. The van der Waals surface area contributed by atoms with E-state index >= 15 is 0 Å². The van der Waals surface area contributed by atoms with Crippen LogP contribution in [0.2, 0.25) is 0 Å². The minimum Gasteiger partial charge on any atom is -0.323 e. The van der Waals surface area contributed by atoms with E-state index < -0.39 is 0 Å². The molecule has 0 fully saturated rings. The fourth-order valence-corrected chi connectivity index (χ4v) is 2.81. The molecule has 3 heteroatoms. The van der Waals surface area contributed by atoms with Gasteiger partial charge in [-0.05, 0) is 24.0 Å². The van der Waals surface area contributed by atoms with Crippen molar-refractivity contribution in [1.82, 2.24) is 9.78 Å². The van der Waals surface area contributed by atoms with E-state index in [9.17, 15) is 0 Å². The zero-order valence-electron chi connectivity index (χ0n) is 10.0. The summed E-state index contributed by atoms with van der Waals surface area (Å²) in [6.45, 7) is 0. The molecule has 2 atom stereocenters. The van der Waals surface area contributed by atoms with Crippen molar-refractivity contribution in [3.8, 4) is 0 Å². The molecular formula is C14H17N3. The number of nitrogens with zero attached hydrogens (tertiary/aromatic N) is 2. The Bertz CT molecular complexity index is 530. The number of fused-ring (bicyclic) bond motifs is 1. The monoisotopic (exact) mass is 227 g/mol. The third-order valence-electron chi connectivity index (χ3n) is 3.72. The summed E-state index contributed by atoms with van der Waals surface area (Å²) in [5.41, 5.74) is 10.4. The zero-order chi connectivity index (χ0) is 11.8. The Morgan fingerprint density at radius 2 is 2.24 bits per heavy atom. The summed E-state index contributed by atoms with van der Waals surface area (Å²) in [5, 5.41) is 4.20. The van der Waals surface area contributed by atoms with Crippen LogP contribution in [-0.2, 0) is 13.5 Å². The van der Waals surface area contributed by atoms with Crippen LogP contribution in [0.15, 0.2) is 36.7 Å². The Hall–Kier alpha value is -1.61. The van der Waals surface area contributed by atoms with Crippen LogP contribution in [0.25, 0.3) is 0 Å². The Balaban J connectivity index is 1.92. The second kappa shape index (κ2) is 4.00. The molecule has 3 nitrogen and oxygen atoms in total. The first-order valence-electron chi connectivity index (χ1n) is 6.07. The Labute approximate surface area is 101 Å². The van der Waals surface area contributed by atoms with Crippen LogP contribution in [0.3, 0.4) is 0 Å². The van der Waals surface area contributed by atoms with Gasteiger partial charge < -0.3 is 5.73 Å². The highest BCUT2D eigenvalue weighted by Crippen LogP contribution is 2.40. The molecule has 2 aromatic rings. The number of rotatable bonds is 2. The van der Waals surface area contributed by atoms with Crippen molar-refractivity contribution in [1.29, 1.82) is 0 Å². The van der Waals surface area contributed by atoms with Crippen LogP contribution in [0, 0.1) is 0 Å². The van der Waals surface area contributed by atoms with Gasteiger partial charge in [0.15, 0.2) is 0 Å². The van der Waals surface area contributed by atoms with E-state index in [1.807, 2.05) is 24.1 Å².